The van der Waals surface area contributed by atoms with Crippen molar-refractivity contribution in [2.24, 2.45) is 0 Å². The van der Waals surface area contributed by atoms with Gasteiger partial charge in [0.1, 0.15) is 5.75 Å². The van der Waals surface area contributed by atoms with Gasteiger partial charge in [0.2, 0.25) is 0 Å². The number of anilines is 2. The average Bonchev–Trinajstić information content (AvgIpc) is 3.10. The van der Waals surface area contributed by atoms with Crippen LogP contribution in [0.5, 0.6) is 5.75 Å². The van der Waals surface area contributed by atoms with Crippen LogP contribution in [0.2, 0.25) is 0 Å². The van der Waals surface area contributed by atoms with Gasteiger partial charge < -0.3 is 4.74 Å². The molecule has 2 aliphatic rings. The number of sulfone groups is 1. The molecule has 9 nitrogen and oxygen atoms in total. The van der Waals surface area contributed by atoms with Gasteiger partial charge in [-0.2, -0.15) is 0 Å². The van der Waals surface area contributed by atoms with E-state index in [1.165, 1.54) is 41.2 Å². The normalized spacial score (nSPS) is 23.0. The molecule has 4 rings (SSSR count). The van der Waals surface area contributed by atoms with Gasteiger partial charge in [-0.15, -0.1) is 0 Å². The van der Waals surface area contributed by atoms with Gasteiger partial charge in [0, 0.05) is 23.5 Å². The van der Waals surface area contributed by atoms with E-state index in [9.17, 15) is 23.3 Å². The Bertz CT molecular complexity index is 1040. The van der Waals surface area contributed by atoms with E-state index < -0.39 is 26.8 Å². The molecule has 146 valence electrons. The molecule has 2 aliphatic heterocycles. The number of carbonyl (C=O) groups excluding carboxylic acids is 1. The Morgan fingerprint density at radius 2 is 1.43 bits per heavy atom. The number of carbonyl (C=O) groups is 1. The highest BCUT2D eigenvalue weighted by Gasteiger charge is 2.54. The van der Waals surface area contributed by atoms with Gasteiger partial charge in [0.15, 0.2) is 9.84 Å². The average molecular weight is 403 g/mol. The number of hydrogen-bond donors (Lipinski definition) is 0. The molecule has 2 aromatic rings. The van der Waals surface area contributed by atoms with Crippen LogP contribution in [0.25, 0.3) is 0 Å². The smallest absolute Gasteiger partial charge is 0.329 e. The van der Waals surface area contributed by atoms with Crippen LogP contribution in [0.3, 0.4) is 0 Å². The van der Waals surface area contributed by atoms with Crippen molar-refractivity contribution in [2.75, 3.05) is 28.4 Å². The molecule has 2 amide bonds. The van der Waals surface area contributed by atoms with Gasteiger partial charge in [-0.3, -0.25) is 19.9 Å². The molecule has 2 aromatic carbocycles. The Balaban J connectivity index is 1.74. The molecule has 0 unspecified atom stereocenters. The second kappa shape index (κ2) is 6.48. The summed E-state index contributed by atoms with van der Waals surface area (Å²) in [6.07, 6.45) is 0. The molecule has 0 spiro atoms. The molecular formula is C18H17N3O6S. The number of urea groups is 1. The summed E-state index contributed by atoms with van der Waals surface area (Å²) >= 11 is 0. The van der Waals surface area contributed by atoms with E-state index in [2.05, 4.69) is 0 Å². The summed E-state index contributed by atoms with van der Waals surface area (Å²) in [6.45, 7) is 0. The highest BCUT2D eigenvalue weighted by molar-refractivity contribution is 7.91. The number of amides is 2. The molecule has 2 atom stereocenters. The fraction of sp³-hybridized carbons (Fsp3) is 0.278. The minimum absolute atomic E-state index is 0.0991. The number of ether oxygens (including phenoxy) is 1. The Morgan fingerprint density at radius 3 is 1.86 bits per heavy atom. The van der Waals surface area contributed by atoms with Crippen molar-refractivity contribution in [2.45, 2.75) is 12.1 Å². The molecule has 2 heterocycles. The van der Waals surface area contributed by atoms with Crippen molar-refractivity contribution in [1.29, 1.82) is 0 Å². The van der Waals surface area contributed by atoms with Crippen LogP contribution in [0.1, 0.15) is 0 Å². The van der Waals surface area contributed by atoms with Crippen LogP contribution in [0.4, 0.5) is 21.9 Å². The zero-order valence-corrected chi connectivity index (χ0v) is 15.7. The highest BCUT2D eigenvalue weighted by Crippen LogP contribution is 2.38. The fourth-order valence-electron chi connectivity index (χ4n) is 3.79. The third-order valence-corrected chi connectivity index (χ3v) is 6.76. The van der Waals surface area contributed by atoms with Crippen LogP contribution in [0.15, 0.2) is 48.5 Å². The van der Waals surface area contributed by atoms with Crippen LogP contribution in [0, 0.1) is 10.1 Å². The summed E-state index contributed by atoms with van der Waals surface area (Å²) < 4.78 is 29.7. The first kappa shape index (κ1) is 18.2. The maximum atomic E-state index is 13.2. The second-order valence-corrected chi connectivity index (χ2v) is 8.86. The van der Waals surface area contributed by atoms with Gasteiger partial charge in [-0.05, 0) is 36.4 Å². The third kappa shape index (κ3) is 2.95. The molecule has 0 radical (unpaired) electrons. The molecule has 0 N–H and O–H groups in total. The molecule has 2 saturated heterocycles. The Kier molecular flexibility index (Phi) is 4.22. The van der Waals surface area contributed by atoms with E-state index in [0.717, 1.165) is 0 Å². The van der Waals surface area contributed by atoms with Gasteiger partial charge in [-0.1, -0.05) is 0 Å². The van der Waals surface area contributed by atoms with Gasteiger partial charge in [-0.25, -0.2) is 13.2 Å². The van der Waals surface area contributed by atoms with Crippen molar-refractivity contribution >= 4 is 32.9 Å². The lowest BCUT2D eigenvalue weighted by Crippen LogP contribution is -2.37. The number of methoxy groups -OCH3 is 1. The lowest BCUT2D eigenvalue weighted by Gasteiger charge is -2.22. The molecule has 2 fully saturated rings. The van der Waals surface area contributed by atoms with Gasteiger partial charge >= 0.3 is 6.03 Å². The van der Waals surface area contributed by atoms with E-state index in [1.54, 1.807) is 24.3 Å². The van der Waals surface area contributed by atoms with Crippen LogP contribution in [-0.4, -0.2) is 50.1 Å². The SMILES string of the molecule is COc1ccc(N2C(=O)N(c3ccc([N+](=O)[O-])cc3)[C@H]3CS(=O)(=O)C[C@H]32)cc1. The largest absolute Gasteiger partial charge is 0.497 e. The molecule has 0 bridgehead atoms. The van der Waals surface area contributed by atoms with Crippen molar-refractivity contribution in [1.82, 2.24) is 0 Å². The highest BCUT2D eigenvalue weighted by atomic mass is 32.2. The first-order valence-electron chi connectivity index (χ1n) is 8.52. The zero-order valence-electron chi connectivity index (χ0n) is 14.9. The summed E-state index contributed by atoms with van der Waals surface area (Å²) in [4.78, 5) is 26.5. The Morgan fingerprint density at radius 1 is 0.964 bits per heavy atom. The number of nitro groups is 1. The van der Waals surface area contributed by atoms with Crippen LogP contribution >= 0.6 is 0 Å². The Labute approximate surface area is 161 Å². The maximum absolute atomic E-state index is 13.2. The monoisotopic (exact) mass is 403 g/mol. The van der Waals surface area contributed by atoms with Crippen LogP contribution < -0.4 is 14.5 Å². The van der Waals surface area contributed by atoms with E-state index in [0.29, 0.717) is 17.1 Å². The van der Waals surface area contributed by atoms with Crippen molar-refractivity contribution in [3.8, 4) is 5.75 Å². The first-order valence-corrected chi connectivity index (χ1v) is 10.3. The predicted octanol–water partition coefficient (Wildman–Crippen LogP) is 2.22. The number of nitro benzene ring substituents is 1. The van der Waals surface area contributed by atoms with E-state index >= 15 is 0 Å². The summed E-state index contributed by atoms with van der Waals surface area (Å²) in [5.41, 5.74) is 0.902. The second-order valence-electron chi connectivity index (χ2n) is 6.71. The van der Waals surface area contributed by atoms with Crippen molar-refractivity contribution < 1.29 is 22.9 Å². The summed E-state index contributed by atoms with van der Waals surface area (Å²) in [5, 5.41) is 10.9. The lowest BCUT2D eigenvalue weighted by atomic mass is 10.1. The van der Waals surface area contributed by atoms with E-state index in [-0.39, 0.29) is 23.2 Å². The van der Waals surface area contributed by atoms with Gasteiger partial charge in [0.05, 0.1) is 35.6 Å². The molecule has 0 aromatic heterocycles. The van der Waals surface area contributed by atoms with Crippen molar-refractivity contribution in [3.63, 3.8) is 0 Å². The summed E-state index contributed by atoms with van der Waals surface area (Å²) in [7, 11) is -1.78. The molecule has 28 heavy (non-hydrogen) atoms. The van der Waals surface area contributed by atoms with E-state index in [4.69, 9.17) is 4.74 Å². The standard InChI is InChI=1S/C18H17N3O6S/c1-27-15-8-6-13(7-9-15)20-17-11-28(25,26)10-16(17)19(18(20)22)12-2-4-14(5-3-12)21(23)24/h2-9,16-17H,10-11H2,1H3/t16-,17+/m0/s1. The molecule has 10 heteroatoms. The zero-order chi connectivity index (χ0) is 20.1. The number of rotatable bonds is 4. The fourth-order valence-corrected chi connectivity index (χ4v) is 5.70. The summed E-state index contributed by atoms with van der Waals surface area (Å²) in [5.74, 6) is 0.351. The minimum atomic E-state index is -3.31. The maximum Gasteiger partial charge on any atom is 0.329 e. The number of hydrogen-bond acceptors (Lipinski definition) is 6. The number of fused-ring (bicyclic) bond motifs is 1. The predicted molar refractivity (Wildman–Crippen MR) is 103 cm³/mol. The van der Waals surface area contributed by atoms with Crippen LogP contribution in [-0.2, 0) is 9.84 Å². The minimum Gasteiger partial charge on any atom is -0.497 e. The number of non-ortho nitro benzene ring substituents is 1. The molecule has 0 saturated carbocycles. The first-order chi connectivity index (χ1) is 13.3. The number of nitrogens with zero attached hydrogens (tertiary/aromatic N) is 3. The van der Waals surface area contributed by atoms with Gasteiger partial charge in [0.25, 0.3) is 5.69 Å². The lowest BCUT2D eigenvalue weighted by molar-refractivity contribution is -0.384. The third-order valence-electron chi connectivity index (χ3n) is 5.06. The quantitative estimate of drug-likeness (QED) is 0.440. The molecular weight excluding hydrogens is 386 g/mol. The Hall–Kier alpha value is -3.14. The topological polar surface area (TPSA) is 110 Å². The summed E-state index contributed by atoms with van der Waals surface area (Å²) in [6, 6.07) is 10.9. The number of benzene rings is 2. The molecule has 0 aliphatic carbocycles. The van der Waals surface area contributed by atoms with Crippen molar-refractivity contribution in [3.05, 3.63) is 58.6 Å². The van der Waals surface area contributed by atoms with E-state index in [1.807, 2.05) is 0 Å².